The van der Waals surface area contributed by atoms with Gasteiger partial charge in [0.05, 0.1) is 6.54 Å². The second-order valence-electron chi connectivity index (χ2n) is 5.83. The van der Waals surface area contributed by atoms with Crippen LogP contribution < -0.4 is 5.32 Å². The Hall–Kier alpha value is -1.36. The summed E-state index contributed by atoms with van der Waals surface area (Å²) in [6.45, 7) is 4.07. The van der Waals surface area contributed by atoms with Gasteiger partial charge >= 0.3 is 0 Å². The lowest BCUT2D eigenvalue weighted by molar-refractivity contribution is -0.131. The minimum absolute atomic E-state index is 0.175. The molecule has 23 heavy (non-hydrogen) atoms. The van der Waals surface area contributed by atoms with Crippen molar-refractivity contribution in [2.45, 2.75) is 32.4 Å². The van der Waals surface area contributed by atoms with E-state index in [1.165, 1.54) is 16.0 Å². The number of carbonyl (C=O) groups is 1. The smallest absolute Gasteiger partial charge is 0.236 e. The van der Waals surface area contributed by atoms with Crippen molar-refractivity contribution in [3.8, 4) is 0 Å². The lowest BCUT2D eigenvalue weighted by Gasteiger charge is -2.28. The molecule has 0 saturated heterocycles. The largest absolute Gasteiger partial charge is 0.337 e. The molecule has 3 rings (SSSR count). The zero-order valence-corrected chi connectivity index (χ0v) is 14.8. The second kappa shape index (κ2) is 7.47. The van der Waals surface area contributed by atoms with Crippen LogP contribution in [0.25, 0.3) is 0 Å². The number of halogens is 1. The number of carbonyl (C=O) groups excluding carboxylic acids is 1. The summed E-state index contributed by atoms with van der Waals surface area (Å²) in [5, 5.41) is 6.24. The van der Waals surface area contributed by atoms with E-state index in [0.29, 0.717) is 6.54 Å². The molecule has 0 fully saturated rings. The van der Waals surface area contributed by atoms with Crippen molar-refractivity contribution < 1.29 is 4.79 Å². The Bertz CT molecular complexity index is 668. The van der Waals surface area contributed by atoms with E-state index in [9.17, 15) is 4.79 Å². The fraction of sp³-hybridized carbons (Fsp3) is 0.389. The van der Waals surface area contributed by atoms with Gasteiger partial charge in [0.1, 0.15) is 0 Å². The molecule has 1 aliphatic rings. The van der Waals surface area contributed by atoms with E-state index in [0.717, 1.165) is 31.0 Å². The molecule has 1 amide bonds. The summed E-state index contributed by atoms with van der Waals surface area (Å²) in [5.74, 6) is 0.175. The topological polar surface area (TPSA) is 32.3 Å². The molecule has 0 unspecified atom stereocenters. The average molecular weight is 349 g/mol. The normalized spacial score (nSPS) is 15.3. The van der Waals surface area contributed by atoms with Gasteiger partial charge in [-0.05, 0) is 47.5 Å². The maximum absolute atomic E-state index is 12.5. The molecule has 3 nitrogen and oxygen atoms in total. The van der Waals surface area contributed by atoms with E-state index in [1.807, 2.05) is 29.2 Å². The molecule has 1 aromatic heterocycles. The SMILES string of the molecule is CC[C@H](NCC(=O)N1CCc2sccc2C1)c1ccc(Cl)cc1. The molecule has 1 atom stereocenters. The highest BCUT2D eigenvalue weighted by Crippen LogP contribution is 2.24. The van der Waals surface area contributed by atoms with E-state index in [-0.39, 0.29) is 11.9 Å². The van der Waals surface area contributed by atoms with Crippen molar-refractivity contribution in [2.24, 2.45) is 0 Å². The number of nitrogens with zero attached hydrogens (tertiary/aromatic N) is 1. The average Bonchev–Trinajstić information content (AvgIpc) is 3.04. The van der Waals surface area contributed by atoms with Crippen molar-refractivity contribution in [1.82, 2.24) is 10.2 Å². The van der Waals surface area contributed by atoms with Crippen LogP contribution in [0.1, 0.15) is 35.4 Å². The number of hydrogen-bond donors (Lipinski definition) is 1. The van der Waals surface area contributed by atoms with Gasteiger partial charge in [-0.15, -0.1) is 11.3 Å². The van der Waals surface area contributed by atoms with Crippen LogP contribution in [0.2, 0.25) is 5.02 Å². The third-order valence-electron chi connectivity index (χ3n) is 4.34. The predicted molar refractivity (Wildman–Crippen MR) is 95.9 cm³/mol. The number of hydrogen-bond acceptors (Lipinski definition) is 3. The number of amides is 1. The van der Waals surface area contributed by atoms with Crippen molar-refractivity contribution >= 4 is 28.8 Å². The van der Waals surface area contributed by atoms with Crippen molar-refractivity contribution in [1.29, 1.82) is 0 Å². The Labute approximate surface area is 146 Å². The third kappa shape index (κ3) is 3.94. The third-order valence-corrected chi connectivity index (χ3v) is 5.62. The fourth-order valence-corrected chi connectivity index (χ4v) is 3.99. The summed E-state index contributed by atoms with van der Waals surface area (Å²) < 4.78 is 0. The zero-order chi connectivity index (χ0) is 16.2. The van der Waals surface area contributed by atoms with Crippen LogP contribution in [0.4, 0.5) is 0 Å². The Kier molecular flexibility index (Phi) is 5.36. The molecule has 1 N–H and O–H groups in total. The Morgan fingerprint density at radius 3 is 2.87 bits per heavy atom. The zero-order valence-electron chi connectivity index (χ0n) is 13.2. The minimum atomic E-state index is 0.175. The maximum Gasteiger partial charge on any atom is 0.236 e. The molecular weight excluding hydrogens is 328 g/mol. The van der Waals surface area contributed by atoms with Gasteiger partial charge in [-0.25, -0.2) is 0 Å². The van der Waals surface area contributed by atoms with Gasteiger partial charge in [0.25, 0.3) is 0 Å². The first-order chi connectivity index (χ1) is 11.2. The molecule has 0 aliphatic carbocycles. The molecule has 2 heterocycles. The van der Waals surface area contributed by atoms with Gasteiger partial charge in [-0.2, -0.15) is 0 Å². The summed E-state index contributed by atoms with van der Waals surface area (Å²) in [6.07, 6.45) is 1.91. The van der Waals surface area contributed by atoms with Crippen LogP contribution >= 0.6 is 22.9 Å². The lowest BCUT2D eigenvalue weighted by Crippen LogP contribution is -2.41. The molecule has 1 aliphatic heterocycles. The maximum atomic E-state index is 12.5. The van der Waals surface area contributed by atoms with Crippen LogP contribution in [0.15, 0.2) is 35.7 Å². The van der Waals surface area contributed by atoms with E-state index < -0.39 is 0 Å². The standard InChI is InChI=1S/C18H21ClN2OS/c1-2-16(13-3-5-15(19)6-4-13)20-11-18(22)21-9-7-17-14(12-21)8-10-23-17/h3-6,8,10,16,20H,2,7,9,11-12H2,1H3/t16-/m0/s1. The van der Waals surface area contributed by atoms with E-state index >= 15 is 0 Å². The molecule has 2 aromatic rings. The Morgan fingerprint density at radius 1 is 1.35 bits per heavy atom. The molecule has 0 saturated carbocycles. The van der Waals surface area contributed by atoms with Crippen molar-refractivity contribution in [2.75, 3.05) is 13.1 Å². The van der Waals surface area contributed by atoms with Crippen molar-refractivity contribution in [3.05, 3.63) is 56.7 Å². The summed E-state index contributed by atoms with van der Waals surface area (Å²) in [5.41, 5.74) is 2.47. The Balaban J connectivity index is 1.56. The van der Waals surface area contributed by atoms with Gasteiger partial charge in [0.15, 0.2) is 0 Å². The summed E-state index contributed by atoms with van der Waals surface area (Å²) in [6, 6.07) is 10.1. The van der Waals surface area contributed by atoms with Crippen LogP contribution in [0.5, 0.6) is 0 Å². The minimum Gasteiger partial charge on any atom is -0.337 e. The highest BCUT2D eigenvalue weighted by atomic mass is 35.5. The monoisotopic (exact) mass is 348 g/mol. The number of thiophene rings is 1. The van der Waals surface area contributed by atoms with Crippen LogP contribution in [0.3, 0.4) is 0 Å². The van der Waals surface area contributed by atoms with E-state index in [2.05, 4.69) is 23.7 Å². The molecule has 0 spiro atoms. The molecule has 5 heteroatoms. The first-order valence-electron chi connectivity index (χ1n) is 7.99. The molecule has 122 valence electrons. The predicted octanol–water partition coefficient (Wildman–Crippen LogP) is 4.03. The highest BCUT2D eigenvalue weighted by molar-refractivity contribution is 7.10. The quantitative estimate of drug-likeness (QED) is 0.884. The van der Waals surface area contributed by atoms with Crippen LogP contribution in [-0.4, -0.2) is 23.9 Å². The van der Waals surface area contributed by atoms with Gasteiger partial charge < -0.3 is 10.2 Å². The molecule has 1 aromatic carbocycles. The number of rotatable bonds is 5. The lowest BCUT2D eigenvalue weighted by atomic mass is 10.0. The van der Waals surface area contributed by atoms with E-state index in [1.54, 1.807) is 11.3 Å². The Morgan fingerprint density at radius 2 is 2.13 bits per heavy atom. The summed E-state index contributed by atoms with van der Waals surface area (Å²) >= 11 is 7.74. The first-order valence-corrected chi connectivity index (χ1v) is 9.25. The van der Waals surface area contributed by atoms with Gasteiger partial charge in [0, 0.05) is 29.0 Å². The van der Waals surface area contributed by atoms with Gasteiger partial charge in [-0.3, -0.25) is 4.79 Å². The fourth-order valence-electron chi connectivity index (χ4n) is 2.98. The first kappa shape index (κ1) is 16.5. The highest BCUT2D eigenvalue weighted by Gasteiger charge is 2.22. The van der Waals surface area contributed by atoms with Crippen LogP contribution in [-0.2, 0) is 17.8 Å². The number of benzene rings is 1. The molecule has 0 radical (unpaired) electrons. The van der Waals surface area contributed by atoms with E-state index in [4.69, 9.17) is 11.6 Å². The molecular formula is C18H21ClN2OS. The number of fused-ring (bicyclic) bond motifs is 1. The van der Waals surface area contributed by atoms with Crippen LogP contribution in [0, 0.1) is 0 Å². The van der Waals surface area contributed by atoms with Crippen molar-refractivity contribution in [3.63, 3.8) is 0 Å². The number of nitrogens with one attached hydrogen (secondary N) is 1. The van der Waals surface area contributed by atoms with Gasteiger partial charge in [0.2, 0.25) is 5.91 Å². The summed E-state index contributed by atoms with van der Waals surface area (Å²) in [4.78, 5) is 15.9. The van der Waals surface area contributed by atoms with Gasteiger partial charge in [-0.1, -0.05) is 30.7 Å². The summed E-state index contributed by atoms with van der Waals surface area (Å²) in [7, 11) is 0. The second-order valence-corrected chi connectivity index (χ2v) is 7.26. The molecule has 0 bridgehead atoms.